The predicted octanol–water partition coefficient (Wildman–Crippen LogP) is 4.59. The van der Waals surface area contributed by atoms with E-state index in [2.05, 4.69) is 33.3 Å². The molecule has 2 aromatic heterocycles. The van der Waals surface area contributed by atoms with Crippen molar-refractivity contribution in [1.82, 2.24) is 4.37 Å². The number of ether oxygens (including phenoxy) is 1. The summed E-state index contributed by atoms with van der Waals surface area (Å²) in [5.41, 5.74) is 2.15. The fourth-order valence-electron chi connectivity index (χ4n) is 2.07. The minimum atomic E-state index is -0.331. The van der Waals surface area contributed by atoms with Crippen molar-refractivity contribution in [3.05, 3.63) is 40.9 Å². The molecule has 21 heavy (non-hydrogen) atoms. The van der Waals surface area contributed by atoms with Gasteiger partial charge in [-0.3, -0.25) is 0 Å². The molecule has 0 atom stereocenters. The zero-order valence-corrected chi connectivity index (χ0v) is 13.3. The van der Waals surface area contributed by atoms with Gasteiger partial charge in [0.05, 0.1) is 12.3 Å². The molecule has 0 spiro atoms. The zero-order valence-electron chi connectivity index (χ0n) is 11.7. The zero-order chi connectivity index (χ0) is 14.8. The van der Waals surface area contributed by atoms with Gasteiger partial charge in [-0.2, -0.15) is 4.37 Å². The Kier molecular flexibility index (Phi) is 3.90. The second kappa shape index (κ2) is 5.83. The maximum atomic E-state index is 12.0. The van der Waals surface area contributed by atoms with Crippen molar-refractivity contribution < 1.29 is 9.53 Å². The van der Waals surface area contributed by atoms with E-state index in [1.807, 2.05) is 13.0 Å². The maximum absolute atomic E-state index is 12.0. The van der Waals surface area contributed by atoms with Crippen molar-refractivity contribution >= 4 is 49.6 Å². The van der Waals surface area contributed by atoms with Gasteiger partial charge in [0.15, 0.2) is 0 Å². The summed E-state index contributed by atoms with van der Waals surface area (Å²) in [4.78, 5) is 12.0. The van der Waals surface area contributed by atoms with Crippen molar-refractivity contribution in [3.63, 3.8) is 0 Å². The van der Waals surface area contributed by atoms with Crippen molar-refractivity contribution in [2.24, 2.45) is 0 Å². The van der Waals surface area contributed by atoms with Crippen LogP contribution in [0.25, 0.3) is 10.1 Å². The molecule has 0 bridgehead atoms. The Morgan fingerprint density at radius 1 is 1.38 bits per heavy atom. The van der Waals surface area contributed by atoms with Gasteiger partial charge < -0.3 is 10.1 Å². The van der Waals surface area contributed by atoms with Crippen LogP contribution in [0.2, 0.25) is 0 Å². The number of anilines is 2. The van der Waals surface area contributed by atoms with Crippen molar-refractivity contribution in [2.45, 2.75) is 13.8 Å². The molecule has 0 amide bonds. The second-order valence-corrected chi connectivity index (χ2v) is 6.21. The summed E-state index contributed by atoms with van der Waals surface area (Å²) < 4.78 is 10.6. The molecule has 0 fully saturated rings. The molecule has 0 unspecified atom stereocenters. The highest BCUT2D eigenvalue weighted by Gasteiger charge is 2.19. The van der Waals surface area contributed by atoms with E-state index in [9.17, 15) is 4.79 Å². The standard InChI is InChI=1S/C15H14N2O2S2/c1-3-19-15(18)13-9(2)17-21-14(13)16-11-4-5-12-10(8-11)6-7-20-12/h4-8,16H,3H2,1-2H3. The molecule has 1 aromatic carbocycles. The van der Waals surface area contributed by atoms with E-state index in [0.717, 1.165) is 10.7 Å². The third kappa shape index (κ3) is 2.77. The number of carbonyl (C=O) groups excluding carboxylic acids is 1. The highest BCUT2D eigenvalue weighted by molar-refractivity contribution is 7.17. The summed E-state index contributed by atoms with van der Waals surface area (Å²) in [6.07, 6.45) is 0. The van der Waals surface area contributed by atoms with E-state index in [-0.39, 0.29) is 5.97 Å². The van der Waals surface area contributed by atoms with Gasteiger partial charge in [0.25, 0.3) is 0 Å². The summed E-state index contributed by atoms with van der Waals surface area (Å²) in [7, 11) is 0. The summed E-state index contributed by atoms with van der Waals surface area (Å²) in [5.74, 6) is -0.331. The molecular formula is C15H14N2O2S2. The Labute approximate surface area is 130 Å². The first-order chi connectivity index (χ1) is 10.2. The maximum Gasteiger partial charge on any atom is 0.343 e. The first-order valence-corrected chi connectivity index (χ1v) is 8.22. The van der Waals surface area contributed by atoms with Gasteiger partial charge in [-0.25, -0.2) is 4.79 Å². The Morgan fingerprint density at radius 2 is 2.24 bits per heavy atom. The Balaban J connectivity index is 1.92. The lowest BCUT2D eigenvalue weighted by atomic mass is 10.2. The molecule has 3 aromatic rings. The van der Waals surface area contributed by atoms with Gasteiger partial charge in [0, 0.05) is 10.4 Å². The first-order valence-electron chi connectivity index (χ1n) is 6.56. The number of hydrogen-bond acceptors (Lipinski definition) is 6. The first kappa shape index (κ1) is 14.0. The Hall–Kier alpha value is -1.92. The number of nitrogens with zero attached hydrogens (tertiary/aromatic N) is 1. The van der Waals surface area contributed by atoms with Gasteiger partial charge in [-0.15, -0.1) is 11.3 Å². The minimum Gasteiger partial charge on any atom is -0.462 e. The predicted molar refractivity (Wildman–Crippen MR) is 87.9 cm³/mol. The third-order valence-corrected chi connectivity index (χ3v) is 4.80. The van der Waals surface area contributed by atoms with E-state index >= 15 is 0 Å². The van der Waals surface area contributed by atoms with E-state index in [4.69, 9.17) is 4.74 Å². The quantitative estimate of drug-likeness (QED) is 0.715. The molecule has 4 nitrogen and oxygen atoms in total. The number of fused-ring (bicyclic) bond motifs is 1. The van der Waals surface area contributed by atoms with Gasteiger partial charge in [0.2, 0.25) is 0 Å². The molecule has 0 aliphatic rings. The molecule has 0 saturated carbocycles. The van der Waals surface area contributed by atoms with Crippen molar-refractivity contribution in [2.75, 3.05) is 11.9 Å². The van der Waals surface area contributed by atoms with Crippen LogP contribution in [0.3, 0.4) is 0 Å². The highest BCUT2D eigenvalue weighted by Crippen LogP contribution is 2.31. The Morgan fingerprint density at radius 3 is 3.05 bits per heavy atom. The number of carbonyl (C=O) groups is 1. The van der Waals surface area contributed by atoms with Crippen LogP contribution >= 0.6 is 22.9 Å². The van der Waals surface area contributed by atoms with Crippen LogP contribution < -0.4 is 5.32 Å². The molecule has 0 saturated heterocycles. The molecule has 6 heteroatoms. The lowest BCUT2D eigenvalue weighted by molar-refractivity contribution is 0.0527. The number of rotatable bonds is 4. The number of nitrogens with one attached hydrogen (secondary N) is 1. The lowest BCUT2D eigenvalue weighted by Crippen LogP contribution is -2.07. The average molecular weight is 318 g/mol. The van der Waals surface area contributed by atoms with Crippen LogP contribution in [-0.2, 0) is 4.74 Å². The summed E-state index contributed by atoms with van der Waals surface area (Å²) >= 11 is 2.98. The van der Waals surface area contributed by atoms with Gasteiger partial charge >= 0.3 is 5.97 Å². The van der Waals surface area contributed by atoms with Gasteiger partial charge in [-0.1, -0.05) is 0 Å². The van der Waals surface area contributed by atoms with Crippen LogP contribution in [0.1, 0.15) is 23.0 Å². The SMILES string of the molecule is CCOC(=O)c1c(C)nsc1Nc1ccc2sccc2c1. The topological polar surface area (TPSA) is 51.2 Å². The van der Waals surface area contributed by atoms with E-state index < -0.39 is 0 Å². The van der Waals surface area contributed by atoms with Gasteiger partial charge in [-0.05, 0) is 60.4 Å². The van der Waals surface area contributed by atoms with Crippen molar-refractivity contribution in [3.8, 4) is 0 Å². The summed E-state index contributed by atoms with van der Waals surface area (Å²) in [6, 6.07) is 8.22. The summed E-state index contributed by atoms with van der Waals surface area (Å²) in [5, 5.41) is 7.25. The largest absolute Gasteiger partial charge is 0.462 e. The third-order valence-electron chi connectivity index (χ3n) is 3.05. The van der Waals surface area contributed by atoms with Crippen LogP contribution in [-0.4, -0.2) is 16.9 Å². The molecule has 0 aliphatic heterocycles. The minimum absolute atomic E-state index is 0.331. The molecule has 1 N–H and O–H groups in total. The fourth-order valence-corrected chi connectivity index (χ4v) is 3.65. The van der Waals surface area contributed by atoms with E-state index in [1.165, 1.54) is 21.6 Å². The molecule has 0 radical (unpaired) electrons. The Bertz CT molecular complexity index is 792. The summed E-state index contributed by atoms with van der Waals surface area (Å²) in [6.45, 7) is 3.97. The van der Waals surface area contributed by atoms with Crippen LogP contribution in [0, 0.1) is 6.92 Å². The second-order valence-electron chi connectivity index (χ2n) is 4.49. The number of benzene rings is 1. The molecular weight excluding hydrogens is 304 g/mol. The molecule has 0 aliphatic carbocycles. The number of aryl methyl sites for hydroxylation is 1. The molecule has 2 heterocycles. The highest BCUT2D eigenvalue weighted by atomic mass is 32.1. The molecule has 108 valence electrons. The van der Waals surface area contributed by atoms with Crippen LogP contribution in [0.15, 0.2) is 29.6 Å². The van der Waals surface area contributed by atoms with E-state index in [1.54, 1.807) is 18.3 Å². The monoisotopic (exact) mass is 318 g/mol. The van der Waals surface area contributed by atoms with Crippen molar-refractivity contribution in [1.29, 1.82) is 0 Å². The fraction of sp³-hybridized carbons (Fsp3) is 0.200. The van der Waals surface area contributed by atoms with Crippen LogP contribution in [0.5, 0.6) is 0 Å². The van der Waals surface area contributed by atoms with Crippen LogP contribution in [0.4, 0.5) is 10.7 Å². The lowest BCUT2D eigenvalue weighted by Gasteiger charge is -2.07. The number of aromatic nitrogens is 1. The van der Waals surface area contributed by atoms with E-state index in [0.29, 0.717) is 17.9 Å². The molecule has 3 rings (SSSR count). The number of thiophene rings is 1. The number of esters is 1. The van der Waals surface area contributed by atoms with Gasteiger partial charge in [0.1, 0.15) is 10.6 Å². The average Bonchev–Trinajstić information content (AvgIpc) is 3.05. The smallest absolute Gasteiger partial charge is 0.343 e. The number of hydrogen-bond donors (Lipinski definition) is 1. The normalized spacial score (nSPS) is 10.8.